The summed E-state index contributed by atoms with van der Waals surface area (Å²) in [6.45, 7) is 2.73. The molecule has 1 aromatic heterocycles. The molecule has 1 aliphatic carbocycles. The van der Waals surface area contributed by atoms with Crippen LogP contribution in [0.2, 0.25) is 0 Å². The van der Waals surface area contributed by atoms with E-state index in [1.165, 1.54) is 5.56 Å². The Hall–Kier alpha value is -1.94. The third kappa shape index (κ3) is 3.22. The second-order valence-electron chi connectivity index (χ2n) is 5.58. The van der Waals surface area contributed by atoms with Gasteiger partial charge in [-0.1, -0.05) is 18.2 Å². The third-order valence-electron chi connectivity index (χ3n) is 4.12. The highest BCUT2D eigenvalue weighted by Gasteiger charge is 2.31. The van der Waals surface area contributed by atoms with E-state index in [1.54, 1.807) is 7.11 Å². The molecular weight excluding hydrogens is 262 g/mol. The Morgan fingerprint density at radius 2 is 2.05 bits per heavy atom. The Bertz CT molecular complexity index is 608. The van der Waals surface area contributed by atoms with Gasteiger partial charge in [0.15, 0.2) is 0 Å². The Labute approximate surface area is 125 Å². The van der Waals surface area contributed by atoms with Crippen LogP contribution in [0.25, 0.3) is 0 Å². The lowest BCUT2D eigenvalue weighted by Crippen LogP contribution is -2.39. The van der Waals surface area contributed by atoms with E-state index in [-0.39, 0.29) is 0 Å². The van der Waals surface area contributed by atoms with Crippen molar-refractivity contribution < 1.29 is 4.74 Å². The third-order valence-corrected chi connectivity index (χ3v) is 4.12. The number of aromatic nitrogens is 2. The monoisotopic (exact) mass is 283 g/mol. The van der Waals surface area contributed by atoms with Gasteiger partial charge in [0.25, 0.3) is 0 Å². The van der Waals surface area contributed by atoms with Gasteiger partial charge in [-0.2, -0.15) is 0 Å². The van der Waals surface area contributed by atoms with Gasteiger partial charge in [0.2, 0.25) is 0 Å². The molecule has 1 saturated carbocycles. The van der Waals surface area contributed by atoms with Crippen LogP contribution in [0.1, 0.15) is 35.8 Å². The Morgan fingerprint density at radius 3 is 2.81 bits per heavy atom. The minimum Gasteiger partial charge on any atom is -0.496 e. The van der Waals surface area contributed by atoms with Crippen LogP contribution in [0, 0.1) is 6.92 Å². The fourth-order valence-electron chi connectivity index (χ4n) is 2.89. The highest BCUT2D eigenvalue weighted by molar-refractivity contribution is 5.37. The first kappa shape index (κ1) is 14.0. The number of para-hydroxylation sites is 1. The maximum atomic E-state index is 5.44. The maximum absolute atomic E-state index is 5.44. The lowest BCUT2D eigenvalue weighted by molar-refractivity contribution is 0.281. The summed E-state index contributed by atoms with van der Waals surface area (Å²) in [7, 11) is 1.74. The summed E-state index contributed by atoms with van der Waals surface area (Å²) >= 11 is 0. The summed E-state index contributed by atoms with van der Waals surface area (Å²) in [5.41, 5.74) is 2.39. The van der Waals surface area contributed by atoms with Gasteiger partial charge < -0.3 is 10.1 Å². The number of hydrogen-bond donors (Lipinski definition) is 1. The van der Waals surface area contributed by atoms with E-state index in [0.717, 1.165) is 36.7 Å². The standard InChI is InChI=1S/C17H21N3O/c1-12-18-8-7-14(20-12)11-19-15-9-13(10-15)16-5-3-4-6-17(16)21-2/h3-8,13,15,19H,9-11H2,1-2H3. The fourth-order valence-corrected chi connectivity index (χ4v) is 2.89. The van der Waals surface area contributed by atoms with E-state index in [4.69, 9.17) is 4.74 Å². The minimum atomic E-state index is 0.565. The zero-order chi connectivity index (χ0) is 14.7. The predicted octanol–water partition coefficient (Wildman–Crippen LogP) is 2.83. The van der Waals surface area contributed by atoms with Crippen molar-refractivity contribution in [3.8, 4) is 5.75 Å². The van der Waals surface area contributed by atoms with Crippen molar-refractivity contribution in [1.82, 2.24) is 15.3 Å². The molecule has 0 unspecified atom stereocenters. The van der Waals surface area contributed by atoms with E-state index in [2.05, 4.69) is 27.4 Å². The van der Waals surface area contributed by atoms with Crippen LogP contribution in [-0.2, 0) is 6.54 Å². The number of hydrogen-bond acceptors (Lipinski definition) is 4. The largest absolute Gasteiger partial charge is 0.496 e. The number of aryl methyl sites for hydroxylation is 1. The van der Waals surface area contributed by atoms with Crippen LogP contribution in [0.15, 0.2) is 36.5 Å². The van der Waals surface area contributed by atoms with E-state index < -0.39 is 0 Å². The van der Waals surface area contributed by atoms with E-state index in [1.807, 2.05) is 31.3 Å². The van der Waals surface area contributed by atoms with Gasteiger partial charge in [-0.15, -0.1) is 0 Å². The second kappa shape index (κ2) is 6.22. The fraction of sp³-hybridized carbons (Fsp3) is 0.412. The minimum absolute atomic E-state index is 0.565. The van der Waals surface area contributed by atoms with E-state index in [9.17, 15) is 0 Å². The molecule has 4 nitrogen and oxygen atoms in total. The van der Waals surface area contributed by atoms with Crippen molar-refractivity contribution >= 4 is 0 Å². The summed E-state index contributed by atoms with van der Waals surface area (Å²) in [6, 6.07) is 10.9. The zero-order valence-electron chi connectivity index (χ0n) is 12.5. The second-order valence-corrected chi connectivity index (χ2v) is 5.58. The molecule has 1 heterocycles. The summed E-state index contributed by atoms with van der Waals surface area (Å²) in [4.78, 5) is 8.53. The molecule has 1 aliphatic rings. The van der Waals surface area contributed by atoms with Gasteiger partial charge in [0.1, 0.15) is 11.6 Å². The van der Waals surface area contributed by atoms with Crippen LogP contribution < -0.4 is 10.1 Å². The number of ether oxygens (including phenoxy) is 1. The van der Waals surface area contributed by atoms with Gasteiger partial charge in [-0.05, 0) is 43.4 Å². The Balaban J connectivity index is 1.52. The van der Waals surface area contributed by atoms with Gasteiger partial charge >= 0.3 is 0 Å². The van der Waals surface area contributed by atoms with Crippen LogP contribution >= 0.6 is 0 Å². The molecule has 21 heavy (non-hydrogen) atoms. The highest BCUT2D eigenvalue weighted by atomic mass is 16.5. The number of nitrogens with one attached hydrogen (secondary N) is 1. The molecule has 1 aromatic carbocycles. The molecule has 0 saturated heterocycles. The average Bonchev–Trinajstić information content (AvgIpc) is 2.46. The SMILES string of the molecule is COc1ccccc1C1CC(NCc2ccnc(C)n2)C1. The Kier molecular flexibility index (Phi) is 4.15. The number of nitrogens with zero attached hydrogens (tertiary/aromatic N) is 2. The Morgan fingerprint density at radius 1 is 1.24 bits per heavy atom. The molecule has 0 atom stereocenters. The number of methoxy groups -OCH3 is 1. The van der Waals surface area contributed by atoms with E-state index >= 15 is 0 Å². The molecular formula is C17H21N3O. The normalized spacial score (nSPS) is 20.9. The zero-order valence-corrected chi connectivity index (χ0v) is 12.5. The molecule has 0 amide bonds. The van der Waals surface area contributed by atoms with Gasteiger partial charge in [0.05, 0.1) is 12.8 Å². The molecule has 0 radical (unpaired) electrons. The molecule has 0 bridgehead atoms. The first-order valence-corrected chi connectivity index (χ1v) is 7.41. The summed E-state index contributed by atoms with van der Waals surface area (Å²) in [5, 5.41) is 3.57. The van der Waals surface area contributed by atoms with Gasteiger partial charge in [0, 0.05) is 18.8 Å². The first-order valence-electron chi connectivity index (χ1n) is 7.41. The number of benzene rings is 1. The van der Waals surface area contributed by atoms with Crippen molar-refractivity contribution in [2.75, 3.05) is 7.11 Å². The molecule has 3 rings (SSSR count). The van der Waals surface area contributed by atoms with Crippen molar-refractivity contribution in [3.63, 3.8) is 0 Å². The molecule has 110 valence electrons. The first-order chi connectivity index (χ1) is 10.3. The molecule has 0 aliphatic heterocycles. The van der Waals surface area contributed by atoms with E-state index in [0.29, 0.717) is 12.0 Å². The summed E-state index contributed by atoms with van der Waals surface area (Å²) in [6.07, 6.45) is 4.13. The molecule has 1 N–H and O–H groups in total. The van der Waals surface area contributed by atoms with Crippen LogP contribution in [0.3, 0.4) is 0 Å². The lowest BCUT2D eigenvalue weighted by Gasteiger charge is -2.37. The molecule has 1 fully saturated rings. The molecule has 2 aromatic rings. The van der Waals surface area contributed by atoms with Crippen LogP contribution in [0.5, 0.6) is 5.75 Å². The van der Waals surface area contributed by atoms with Crippen LogP contribution in [0.4, 0.5) is 0 Å². The highest BCUT2D eigenvalue weighted by Crippen LogP contribution is 2.40. The summed E-state index contributed by atoms with van der Waals surface area (Å²) < 4.78 is 5.44. The number of rotatable bonds is 5. The van der Waals surface area contributed by atoms with Crippen LogP contribution in [-0.4, -0.2) is 23.1 Å². The van der Waals surface area contributed by atoms with Crippen molar-refractivity contribution in [1.29, 1.82) is 0 Å². The lowest BCUT2D eigenvalue weighted by atomic mass is 9.75. The smallest absolute Gasteiger partial charge is 0.125 e. The quantitative estimate of drug-likeness (QED) is 0.916. The maximum Gasteiger partial charge on any atom is 0.125 e. The average molecular weight is 283 g/mol. The predicted molar refractivity (Wildman–Crippen MR) is 82.4 cm³/mol. The van der Waals surface area contributed by atoms with Crippen molar-refractivity contribution in [2.45, 2.75) is 38.3 Å². The van der Waals surface area contributed by atoms with Gasteiger partial charge in [-0.3, -0.25) is 0 Å². The van der Waals surface area contributed by atoms with Crippen molar-refractivity contribution in [3.05, 3.63) is 53.6 Å². The summed E-state index contributed by atoms with van der Waals surface area (Å²) in [5.74, 6) is 2.44. The van der Waals surface area contributed by atoms with Crippen molar-refractivity contribution in [2.24, 2.45) is 0 Å². The molecule has 4 heteroatoms. The molecule has 0 spiro atoms. The van der Waals surface area contributed by atoms with Gasteiger partial charge in [-0.25, -0.2) is 9.97 Å². The topological polar surface area (TPSA) is 47.0 Å².